The summed E-state index contributed by atoms with van der Waals surface area (Å²) in [4.78, 5) is 20.9. The number of hydrogen-bond donors (Lipinski definition) is 3. The van der Waals surface area contributed by atoms with Gasteiger partial charge in [-0.25, -0.2) is 0 Å². The third kappa shape index (κ3) is 3.16. The average Bonchev–Trinajstić information content (AvgIpc) is 1.95. The van der Waals surface area contributed by atoms with Gasteiger partial charge in [0, 0.05) is 0 Å². The number of rotatable bonds is 5. The van der Waals surface area contributed by atoms with Crippen LogP contribution in [0.25, 0.3) is 0 Å². The number of carboxylic acids is 2. The van der Waals surface area contributed by atoms with Crippen LogP contribution in [-0.4, -0.2) is 51.9 Å². The molecule has 0 spiro atoms. The van der Waals surface area contributed by atoms with Gasteiger partial charge in [-0.2, -0.15) is 8.42 Å². The molecule has 0 aliphatic carbocycles. The smallest absolute Gasteiger partial charge is 0.326 e. The Bertz CT molecular complexity index is 332. The predicted molar refractivity (Wildman–Crippen MR) is 47.9 cm³/mol. The predicted octanol–water partition coefficient (Wildman–Crippen LogP) is -0.856. The van der Waals surface area contributed by atoms with E-state index < -0.39 is 32.6 Å². The number of carboxylic acid groups (broad SMARTS) is 2. The van der Waals surface area contributed by atoms with Crippen LogP contribution in [0.5, 0.6) is 0 Å². The first kappa shape index (κ1) is 13.2. The van der Waals surface area contributed by atoms with Gasteiger partial charge in [-0.05, 0) is 6.26 Å². The topological polar surface area (TPSA) is 129 Å². The van der Waals surface area contributed by atoms with Crippen LogP contribution in [0, 0.1) is 0 Å². The minimum absolute atomic E-state index is 0.522. The van der Waals surface area contributed by atoms with E-state index >= 15 is 0 Å². The highest BCUT2D eigenvalue weighted by molar-refractivity contribution is 8.01. The van der Waals surface area contributed by atoms with Crippen LogP contribution >= 0.6 is 11.8 Å². The van der Waals surface area contributed by atoms with Crippen LogP contribution in [-0.2, 0) is 19.7 Å². The molecule has 0 saturated heterocycles. The second kappa shape index (κ2) is 4.62. The second-order valence-corrected chi connectivity index (χ2v) is 4.79. The maximum atomic E-state index is 10.6. The summed E-state index contributed by atoms with van der Waals surface area (Å²) in [5, 5.41) is 12.9. The van der Waals surface area contributed by atoms with Crippen molar-refractivity contribution in [3.63, 3.8) is 0 Å². The van der Waals surface area contributed by atoms with Crippen molar-refractivity contribution in [3.8, 4) is 0 Å². The van der Waals surface area contributed by atoms with Gasteiger partial charge in [0.25, 0.3) is 10.1 Å². The van der Waals surface area contributed by atoms with Crippen molar-refractivity contribution in [2.45, 2.75) is 10.5 Å². The van der Waals surface area contributed by atoms with Crippen molar-refractivity contribution in [3.05, 3.63) is 0 Å². The van der Waals surface area contributed by atoms with E-state index in [2.05, 4.69) is 0 Å². The molecule has 0 bridgehead atoms. The Morgan fingerprint density at radius 2 is 1.64 bits per heavy atom. The van der Waals surface area contributed by atoms with Crippen molar-refractivity contribution in [2.24, 2.45) is 0 Å². The van der Waals surface area contributed by atoms with E-state index in [-0.39, 0.29) is 0 Å². The molecule has 0 aromatic carbocycles. The minimum atomic E-state index is -4.92. The molecule has 2 unspecified atom stereocenters. The van der Waals surface area contributed by atoms with Crippen LogP contribution in [0.15, 0.2) is 0 Å². The summed E-state index contributed by atoms with van der Waals surface area (Å²) >= 11 is 0.522. The Morgan fingerprint density at radius 3 is 1.71 bits per heavy atom. The lowest BCUT2D eigenvalue weighted by Gasteiger charge is -2.14. The maximum absolute atomic E-state index is 10.6. The molecule has 0 aromatic heterocycles. The monoisotopic (exact) mass is 244 g/mol. The molecule has 0 amide bonds. The number of thioether (sulfide) groups is 1. The zero-order chi connectivity index (χ0) is 11.5. The van der Waals surface area contributed by atoms with Gasteiger partial charge in [0.15, 0.2) is 0 Å². The van der Waals surface area contributed by atoms with Crippen molar-refractivity contribution in [1.82, 2.24) is 0 Å². The van der Waals surface area contributed by atoms with E-state index in [1.54, 1.807) is 0 Å². The summed E-state index contributed by atoms with van der Waals surface area (Å²) in [7, 11) is -4.92. The molecule has 0 rings (SSSR count). The molecule has 7 nitrogen and oxygen atoms in total. The van der Waals surface area contributed by atoms with Crippen LogP contribution in [0.4, 0.5) is 0 Å². The molecule has 2 atom stereocenters. The fraction of sp³-hybridized carbons (Fsp3) is 0.600. The Labute approximate surface area is 83.9 Å². The summed E-state index contributed by atoms with van der Waals surface area (Å²) in [6.45, 7) is 0. The lowest BCUT2D eigenvalue weighted by Crippen LogP contribution is -2.43. The number of hydrogen-bond acceptors (Lipinski definition) is 5. The molecule has 82 valence electrons. The van der Waals surface area contributed by atoms with Gasteiger partial charge in [-0.15, -0.1) is 11.8 Å². The highest BCUT2D eigenvalue weighted by atomic mass is 32.2. The quantitative estimate of drug-likeness (QED) is 0.533. The van der Waals surface area contributed by atoms with Crippen molar-refractivity contribution >= 4 is 33.8 Å². The molecule has 0 aromatic rings. The van der Waals surface area contributed by atoms with Crippen LogP contribution in [0.2, 0.25) is 0 Å². The highest BCUT2D eigenvalue weighted by Gasteiger charge is 2.42. The molecule has 0 aliphatic heterocycles. The van der Waals surface area contributed by atoms with E-state index in [4.69, 9.17) is 14.8 Å². The van der Waals surface area contributed by atoms with Crippen LogP contribution < -0.4 is 0 Å². The SMILES string of the molecule is CSC(C(=O)O)C(C(=O)O)S(=O)(=O)O. The van der Waals surface area contributed by atoms with E-state index in [0.717, 1.165) is 0 Å². The second-order valence-electron chi connectivity index (χ2n) is 2.27. The van der Waals surface area contributed by atoms with Gasteiger partial charge in [0.05, 0.1) is 0 Å². The van der Waals surface area contributed by atoms with Crippen molar-refractivity contribution in [1.29, 1.82) is 0 Å². The zero-order valence-corrected chi connectivity index (χ0v) is 8.58. The Morgan fingerprint density at radius 1 is 1.21 bits per heavy atom. The van der Waals surface area contributed by atoms with Gasteiger partial charge < -0.3 is 10.2 Å². The Kier molecular flexibility index (Phi) is 4.36. The molecule has 0 radical (unpaired) electrons. The van der Waals surface area contributed by atoms with Gasteiger partial charge >= 0.3 is 11.9 Å². The summed E-state index contributed by atoms with van der Waals surface area (Å²) in [5.41, 5.74) is 0. The molecule has 14 heavy (non-hydrogen) atoms. The standard InChI is InChI=1S/C5H8O7S2/c1-13-2(4(6)7)3(5(8)9)14(10,11)12/h2-3H,1H3,(H,6,7)(H,8,9)(H,10,11,12). The molecule has 0 heterocycles. The third-order valence-corrected chi connectivity index (χ3v) is 3.61. The van der Waals surface area contributed by atoms with Gasteiger partial charge in [-0.1, -0.05) is 0 Å². The lowest BCUT2D eigenvalue weighted by molar-refractivity contribution is -0.142. The molecule has 0 fully saturated rings. The molecule has 0 aliphatic rings. The first-order valence-electron chi connectivity index (χ1n) is 3.16. The van der Waals surface area contributed by atoms with Crippen LogP contribution in [0.3, 0.4) is 0 Å². The fourth-order valence-electron chi connectivity index (χ4n) is 0.767. The van der Waals surface area contributed by atoms with E-state index in [1.807, 2.05) is 0 Å². The summed E-state index contributed by atoms with van der Waals surface area (Å²) in [6.07, 6.45) is 1.24. The Hall–Kier alpha value is -0.800. The molecular weight excluding hydrogens is 236 g/mol. The Balaban J connectivity index is 5.21. The zero-order valence-electron chi connectivity index (χ0n) is 6.95. The summed E-state index contributed by atoms with van der Waals surface area (Å²) in [6, 6.07) is 0. The maximum Gasteiger partial charge on any atom is 0.326 e. The average molecular weight is 244 g/mol. The minimum Gasteiger partial charge on any atom is -0.480 e. The first-order chi connectivity index (χ1) is 6.21. The largest absolute Gasteiger partial charge is 0.480 e. The van der Waals surface area contributed by atoms with Gasteiger partial charge in [0.2, 0.25) is 5.25 Å². The normalized spacial score (nSPS) is 15.9. The van der Waals surface area contributed by atoms with E-state index in [9.17, 15) is 18.0 Å². The third-order valence-electron chi connectivity index (χ3n) is 1.34. The number of aliphatic carboxylic acids is 2. The highest BCUT2D eigenvalue weighted by Crippen LogP contribution is 2.18. The summed E-state index contributed by atoms with van der Waals surface area (Å²) in [5.74, 6) is -3.50. The molecule has 0 saturated carbocycles. The van der Waals surface area contributed by atoms with Crippen molar-refractivity contribution < 1.29 is 32.8 Å². The van der Waals surface area contributed by atoms with Gasteiger partial charge in [-0.3, -0.25) is 14.1 Å². The van der Waals surface area contributed by atoms with Crippen molar-refractivity contribution in [2.75, 3.05) is 6.26 Å². The lowest BCUT2D eigenvalue weighted by atomic mass is 10.3. The van der Waals surface area contributed by atoms with Gasteiger partial charge in [0.1, 0.15) is 5.25 Å². The fourth-order valence-corrected chi connectivity index (χ4v) is 2.77. The van der Waals surface area contributed by atoms with E-state index in [0.29, 0.717) is 11.8 Å². The van der Waals surface area contributed by atoms with Crippen LogP contribution in [0.1, 0.15) is 0 Å². The van der Waals surface area contributed by atoms with E-state index in [1.165, 1.54) is 6.26 Å². The molecular formula is C5H8O7S2. The molecule has 9 heteroatoms. The first-order valence-corrected chi connectivity index (χ1v) is 5.95. The molecule has 3 N–H and O–H groups in total. The summed E-state index contributed by atoms with van der Waals surface area (Å²) < 4.78 is 29.7. The number of carbonyl (C=O) groups is 2.